The van der Waals surface area contributed by atoms with Gasteiger partial charge in [0, 0.05) is 19.0 Å². The summed E-state index contributed by atoms with van der Waals surface area (Å²) in [4.78, 5) is 21.9. The topological polar surface area (TPSA) is 52.0 Å². The van der Waals surface area contributed by atoms with Crippen LogP contribution in [0.25, 0.3) is 0 Å². The summed E-state index contributed by atoms with van der Waals surface area (Å²) in [5, 5.41) is 3.74. The minimum atomic E-state index is -0.384. The Morgan fingerprint density at radius 3 is 2.87 bits per heavy atom. The molecule has 0 aromatic carbocycles. The first-order chi connectivity index (χ1) is 7.13. The molecule has 0 aliphatic rings. The van der Waals surface area contributed by atoms with Gasteiger partial charge >= 0.3 is 0 Å². The lowest BCUT2D eigenvalue weighted by atomic mass is 10.2. The standard InChI is InChI=1S/C10H13ClN2O2/c1-2-7-13-10(15)6-4-8(12-13)3-5-9(11)14/h4,6H,2-3,5,7H2,1H3. The summed E-state index contributed by atoms with van der Waals surface area (Å²) in [5.41, 5.74) is 0.606. The molecule has 1 heterocycles. The van der Waals surface area contributed by atoms with Crippen molar-refractivity contribution in [1.29, 1.82) is 0 Å². The van der Waals surface area contributed by atoms with Crippen molar-refractivity contribution >= 4 is 16.8 Å². The second-order valence-electron chi connectivity index (χ2n) is 3.24. The quantitative estimate of drug-likeness (QED) is 0.715. The van der Waals surface area contributed by atoms with Gasteiger partial charge < -0.3 is 0 Å². The number of carbonyl (C=O) groups excluding carboxylic acids is 1. The highest BCUT2D eigenvalue weighted by atomic mass is 35.5. The lowest BCUT2D eigenvalue weighted by molar-refractivity contribution is -0.111. The van der Waals surface area contributed by atoms with Crippen LogP contribution in [0, 0.1) is 0 Å². The molecule has 4 nitrogen and oxygen atoms in total. The van der Waals surface area contributed by atoms with Crippen molar-refractivity contribution in [2.45, 2.75) is 32.7 Å². The molecule has 15 heavy (non-hydrogen) atoms. The Morgan fingerprint density at radius 2 is 2.27 bits per heavy atom. The molecule has 0 fully saturated rings. The first kappa shape index (κ1) is 11.9. The second kappa shape index (κ2) is 5.66. The number of aromatic nitrogens is 2. The van der Waals surface area contributed by atoms with Gasteiger partial charge in [0.2, 0.25) is 5.24 Å². The smallest absolute Gasteiger partial charge is 0.266 e. The van der Waals surface area contributed by atoms with Crippen molar-refractivity contribution in [1.82, 2.24) is 9.78 Å². The Morgan fingerprint density at radius 1 is 1.53 bits per heavy atom. The number of nitrogens with zero attached hydrogens (tertiary/aromatic N) is 2. The first-order valence-corrected chi connectivity index (χ1v) is 5.26. The van der Waals surface area contributed by atoms with E-state index in [-0.39, 0.29) is 17.2 Å². The van der Waals surface area contributed by atoms with Crippen LogP contribution in [-0.2, 0) is 17.8 Å². The third-order valence-electron chi connectivity index (χ3n) is 1.93. The lowest BCUT2D eigenvalue weighted by Gasteiger charge is -2.04. The van der Waals surface area contributed by atoms with Crippen molar-refractivity contribution in [3.8, 4) is 0 Å². The van der Waals surface area contributed by atoms with Gasteiger partial charge in [-0.1, -0.05) is 6.92 Å². The summed E-state index contributed by atoms with van der Waals surface area (Å²) in [7, 11) is 0. The Kier molecular flexibility index (Phi) is 4.49. The van der Waals surface area contributed by atoms with Crippen molar-refractivity contribution in [2.24, 2.45) is 0 Å². The molecule has 0 saturated heterocycles. The van der Waals surface area contributed by atoms with E-state index in [2.05, 4.69) is 5.10 Å². The number of rotatable bonds is 5. The van der Waals surface area contributed by atoms with Crippen molar-refractivity contribution in [3.63, 3.8) is 0 Å². The molecule has 0 radical (unpaired) electrons. The highest BCUT2D eigenvalue weighted by molar-refractivity contribution is 6.63. The minimum absolute atomic E-state index is 0.113. The van der Waals surface area contributed by atoms with Crippen LogP contribution in [0.3, 0.4) is 0 Å². The fourth-order valence-corrected chi connectivity index (χ4v) is 1.32. The van der Waals surface area contributed by atoms with E-state index in [1.165, 1.54) is 10.7 Å². The van der Waals surface area contributed by atoms with Gasteiger partial charge in [-0.2, -0.15) is 5.10 Å². The molecule has 0 aliphatic heterocycles. The van der Waals surface area contributed by atoms with E-state index in [1.807, 2.05) is 6.92 Å². The zero-order chi connectivity index (χ0) is 11.3. The van der Waals surface area contributed by atoms with Crippen LogP contribution < -0.4 is 5.56 Å². The highest BCUT2D eigenvalue weighted by Gasteiger charge is 2.02. The molecule has 1 aromatic heterocycles. The van der Waals surface area contributed by atoms with Gasteiger partial charge in [0.15, 0.2) is 0 Å². The molecule has 0 unspecified atom stereocenters. The molecule has 82 valence electrons. The van der Waals surface area contributed by atoms with E-state index < -0.39 is 0 Å². The third kappa shape index (κ3) is 3.83. The molecular weight excluding hydrogens is 216 g/mol. The van der Waals surface area contributed by atoms with Crippen LogP contribution in [0.4, 0.5) is 0 Å². The Balaban J connectivity index is 2.78. The monoisotopic (exact) mass is 228 g/mol. The lowest BCUT2D eigenvalue weighted by Crippen LogP contribution is -2.22. The fraction of sp³-hybridized carbons (Fsp3) is 0.500. The number of aryl methyl sites for hydroxylation is 2. The summed E-state index contributed by atoms with van der Waals surface area (Å²) in [6.45, 7) is 2.57. The van der Waals surface area contributed by atoms with E-state index >= 15 is 0 Å². The molecule has 0 bridgehead atoms. The summed E-state index contributed by atoms with van der Waals surface area (Å²) in [6.07, 6.45) is 1.58. The largest absolute Gasteiger partial charge is 0.281 e. The van der Waals surface area contributed by atoms with E-state index in [1.54, 1.807) is 6.07 Å². The van der Waals surface area contributed by atoms with E-state index in [0.29, 0.717) is 13.0 Å². The molecule has 0 N–H and O–H groups in total. The van der Waals surface area contributed by atoms with E-state index in [9.17, 15) is 9.59 Å². The number of carbonyl (C=O) groups is 1. The molecule has 5 heteroatoms. The van der Waals surface area contributed by atoms with Gasteiger partial charge in [-0.25, -0.2) is 4.68 Å². The zero-order valence-electron chi connectivity index (χ0n) is 8.57. The minimum Gasteiger partial charge on any atom is -0.281 e. The molecule has 0 atom stereocenters. The zero-order valence-corrected chi connectivity index (χ0v) is 9.33. The van der Waals surface area contributed by atoms with Gasteiger partial charge in [-0.05, 0) is 30.5 Å². The van der Waals surface area contributed by atoms with Crippen LogP contribution in [0.2, 0.25) is 0 Å². The maximum absolute atomic E-state index is 11.3. The summed E-state index contributed by atoms with van der Waals surface area (Å²) >= 11 is 5.22. The number of hydrogen-bond donors (Lipinski definition) is 0. The van der Waals surface area contributed by atoms with Gasteiger partial charge in [0.25, 0.3) is 5.56 Å². The second-order valence-corrected chi connectivity index (χ2v) is 3.66. The SMILES string of the molecule is CCCn1nc(CCC(=O)Cl)ccc1=O. The third-order valence-corrected chi connectivity index (χ3v) is 2.12. The van der Waals surface area contributed by atoms with Gasteiger partial charge in [-0.15, -0.1) is 0 Å². The van der Waals surface area contributed by atoms with Gasteiger partial charge in [0.1, 0.15) is 0 Å². The predicted molar refractivity (Wildman–Crippen MR) is 58.0 cm³/mol. The van der Waals surface area contributed by atoms with Crippen molar-refractivity contribution in [2.75, 3.05) is 0 Å². The molecule has 1 rings (SSSR count). The van der Waals surface area contributed by atoms with Crippen LogP contribution in [0.15, 0.2) is 16.9 Å². The average Bonchev–Trinajstić information content (AvgIpc) is 2.19. The molecule has 0 spiro atoms. The maximum Gasteiger partial charge on any atom is 0.266 e. The van der Waals surface area contributed by atoms with Crippen LogP contribution in [0.5, 0.6) is 0 Å². The Bertz CT molecular complexity index is 401. The highest BCUT2D eigenvalue weighted by Crippen LogP contribution is 1.99. The molecule has 0 amide bonds. The Labute approximate surface area is 92.9 Å². The van der Waals surface area contributed by atoms with Crippen molar-refractivity contribution in [3.05, 3.63) is 28.2 Å². The fourth-order valence-electron chi connectivity index (χ4n) is 1.22. The van der Waals surface area contributed by atoms with Crippen LogP contribution in [0.1, 0.15) is 25.5 Å². The maximum atomic E-state index is 11.3. The number of hydrogen-bond acceptors (Lipinski definition) is 3. The predicted octanol–water partition coefficient (Wildman–Crippen LogP) is 1.35. The molecule has 0 aliphatic carbocycles. The van der Waals surface area contributed by atoms with Crippen LogP contribution >= 0.6 is 11.6 Å². The summed E-state index contributed by atoms with van der Waals surface area (Å²) in [6, 6.07) is 3.10. The number of halogens is 1. The van der Waals surface area contributed by atoms with Crippen LogP contribution in [-0.4, -0.2) is 15.0 Å². The summed E-state index contributed by atoms with van der Waals surface area (Å²) in [5.74, 6) is 0. The first-order valence-electron chi connectivity index (χ1n) is 4.89. The molecule has 0 saturated carbocycles. The molecule has 1 aromatic rings. The van der Waals surface area contributed by atoms with Gasteiger partial charge in [-0.3, -0.25) is 9.59 Å². The van der Waals surface area contributed by atoms with E-state index in [0.717, 1.165) is 12.1 Å². The normalized spacial score (nSPS) is 10.3. The van der Waals surface area contributed by atoms with E-state index in [4.69, 9.17) is 11.6 Å². The summed E-state index contributed by atoms with van der Waals surface area (Å²) < 4.78 is 1.41. The van der Waals surface area contributed by atoms with Gasteiger partial charge in [0.05, 0.1) is 5.69 Å². The van der Waals surface area contributed by atoms with Crippen molar-refractivity contribution < 1.29 is 4.79 Å². The average molecular weight is 229 g/mol. The Hall–Kier alpha value is -1.16. The molecular formula is C10H13ClN2O2.